The van der Waals surface area contributed by atoms with Crippen LogP contribution in [0.2, 0.25) is 0 Å². The average Bonchev–Trinajstić information content (AvgIpc) is 3.16. The van der Waals surface area contributed by atoms with Crippen molar-refractivity contribution in [3.8, 4) is 0 Å². The van der Waals surface area contributed by atoms with Crippen molar-refractivity contribution in [2.75, 3.05) is 6.61 Å². The number of hydrogen-bond donors (Lipinski definition) is 0. The highest BCUT2D eigenvalue weighted by atomic mass is 16.5. The van der Waals surface area contributed by atoms with Gasteiger partial charge in [0.05, 0.1) is 6.42 Å². The lowest BCUT2D eigenvalue weighted by Gasteiger charge is -2.27. The van der Waals surface area contributed by atoms with Crippen LogP contribution in [0.15, 0.2) is 4.52 Å². The average molecular weight is 294 g/mol. The first kappa shape index (κ1) is 16.1. The summed E-state index contributed by atoms with van der Waals surface area (Å²) in [6.45, 7) is 6.68. The van der Waals surface area contributed by atoms with Crippen LogP contribution in [0.3, 0.4) is 0 Å². The number of rotatable bonds is 8. The molecule has 0 aliphatic heterocycles. The molecule has 0 atom stereocenters. The summed E-state index contributed by atoms with van der Waals surface area (Å²) in [5.41, 5.74) is -0.493. The van der Waals surface area contributed by atoms with E-state index in [2.05, 4.69) is 24.0 Å². The number of nitrogens with zero attached hydrogens (tertiary/aromatic N) is 2. The number of carbonyl (C=O) groups excluding carboxylic acids is 1. The van der Waals surface area contributed by atoms with E-state index in [-0.39, 0.29) is 18.1 Å². The Kier molecular flexibility index (Phi) is 5.51. The Balaban J connectivity index is 2.07. The van der Waals surface area contributed by atoms with E-state index in [1.807, 2.05) is 6.92 Å². The third-order valence-corrected chi connectivity index (χ3v) is 4.57. The van der Waals surface area contributed by atoms with E-state index in [9.17, 15) is 4.79 Å². The summed E-state index contributed by atoms with van der Waals surface area (Å²) in [5.74, 6) is 1.42. The summed E-state index contributed by atoms with van der Waals surface area (Å²) >= 11 is 0. The van der Waals surface area contributed by atoms with Gasteiger partial charge in [-0.05, 0) is 32.6 Å². The number of hydrogen-bond acceptors (Lipinski definition) is 5. The minimum absolute atomic E-state index is 0.189. The van der Waals surface area contributed by atoms with Crippen LogP contribution in [-0.4, -0.2) is 22.5 Å². The number of carbonyl (C=O) groups is 1. The molecule has 0 radical (unpaired) electrons. The largest absolute Gasteiger partial charge is 0.367 e. The number of aromatic nitrogens is 2. The zero-order valence-corrected chi connectivity index (χ0v) is 13.4. The van der Waals surface area contributed by atoms with E-state index in [1.165, 1.54) is 0 Å². The maximum absolute atomic E-state index is 12.2. The monoisotopic (exact) mass is 294 g/mol. The van der Waals surface area contributed by atoms with Crippen LogP contribution < -0.4 is 0 Å². The van der Waals surface area contributed by atoms with Crippen molar-refractivity contribution < 1.29 is 14.1 Å². The third kappa shape index (κ3) is 3.51. The molecular formula is C16H26N2O3. The maximum Gasteiger partial charge on any atom is 0.234 e. The zero-order valence-electron chi connectivity index (χ0n) is 13.4. The topological polar surface area (TPSA) is 65.2 Å². The molecule has 1 aromatic heterocycles. The van der Waals surface area contributed by atoms with E-state index in [4.69, 9.17) is 9.26 Å². The fourth-order valence-electron chi connectivity index (χ4n) is 3.16. The quantitative estimate of drug-likeness (QED) is 0.735. The Bertz CT molecular complexity index is 460. The first-order valence-electron chi connectivity index (χ1n) is 8.15. The maximum atomic E-state index is 12.2. The minimum Gasteiger partial charge on any atom is -0.367 e. The van der Waals surface area contributed by atoms with Gasteiger partial charge in [0, 0.05) is 12.5 Å². The summed E-state index contributed by atoms with van der Waals surface area (Å²) in [6, 6.07) is 0. The van der Waals surface area contributed by atoms with Gasteiger partial charge < -0.3 is 9.26 Å². The third-order valence-electron chi connectivity index (χ3n) is 4.57. The molecule has 1 fully saturated rings. The first-order valence-corrected chi connectivity index (χ1v) is 8.15. The molecule has 2 rings (SSSR count). The van der Waals surface area contributed by atoms with Gasteiger partial charge in [-0.25, -0.2) is 0 Å². The summed E-state index contributed by atoms with van der Waals surface area (Å²) in [7, 11) is 0. The van der Waals surface area contributed by atoms with E-state index in [0.29, 0.717) is 18.3 Å². The minimum atomic E-state index is -0.493. The van der Waals surface area contributed by atoms with Crippen molar-refractivity contribution in [1.82, 2.24) is 10.1 Å². The first-order chi connectivity index (χ1) is 10.1. The predicted molar refractivity (Wildman–Crippen MR) is 78.9 cm³/mol. The van der Waals surface area contributed by atoms with Gasteiger partial charge in [0.2, 0.25) is 11.7 Å². The van der Waals surface area contributed by atoms with Crippen LogP contribution >= 0.6 is 0 Å². The highest BCUT2D eigenvalue weighted by molar-refractivity contribution is 5.82. The van der Waals surface area contributed by atoms with Crippen LogP contribution in [-0.2, 0) is 21.6 Å². The lowest BCUT2D eigenvalue weighted by Crippen LogP contribution is -2.29. The lowest BCUT2D eigenvalue weighted by atomic mass is 9.96. The van der Waals surface area contributed by atoms with Gasteiger partial charge in [0.15, 0.2) is 0 Å². The molecule has 0 saturated heterocycles. The van der Waals surface area contributed by atoms with E-state index in [0.717, 1.165) is 38.5 Å². The molecule has 0 bridgehead atoms. The number of ether oxygens (including phenoxy) is 1. The highest BCUT2D eigenvalue weighted by Gasteiger charge is 2.35. The van der Waals surface area contributed by atoms with Gasteiger partial charge >= 0.3 is 0 Å². The smallest absolute Gasteiger partial charge is 0.234 e. The Morgan fingerprint density at radius 2 is 1.95 bits per heavy atom. The van der Waals surface area contributed by atoms with Gasteiger partial charge in [-0.1, -0.05) is 31.8 Å². The number of Topliss-reactive ketones (excluding diaryl/α,β-unsaturated/α-hetero) is 1. The van der Waals surface area contributed by atoms with Crippen LogP contribution in [0, 0.1) is 5.92 Å². The second-order valence-electron chi connectivity index (χ2n) is 5.77. The van der Waals surface area contributed by atoms with Gasteiger partial charge in [-0.3, -0.25) is 4.79 Å². The lowest BCUT2D eigenvalue weighted by molar-refractivity contribution is -0.122. The van der Waals surface area contributed by atoms with Gasteiger partial charge in [0.1, 0.15) is 11.4 Å². The van der Waals surface area contributed by atoms with Gasteiger partial charge in [-0.2, -0.15) is 4.98 Å². The van der Waals surface area contributed by atoms with Gasteiger partial charge in [0.25, 0.3) is 0 Å². The van der Waals surface area contributed by atoms with Crippen LogP contribution in [0.1, 0.15) is 71.0 Å². The van der Waals surface area contributed by atoms with Crippen molar-refractivity contribution in [2.24, 2.45) is 5.92 Å². The fraction of sp³-hybridized carbons (Fsp3) is 0.812. The molecule has 0 N–H and O–H groups in total. The van der Waals surface area contributed by atoms with Crippen molar-refractivity contribution in [3.05, 3.63) is 11.7 Å². The standard InChI is InChI=1S/C16H26N2O3/c1-4-16(5-2,20-6-3)15-17-14(21-18-15)11-13(19)12-9-7-8-10-12/h12H,4-11H2,1-3H3. The summed E-state index contributed by atoms with van der Waals surface area (Å²) in [4.78, 5) is 16.6. The predicted octanol–water partition coefficient (Wildman–Crippen LogP) is 3.42. The van der Waals surface area contributed by atoms with Crippen molar-refractivity contribution >= 4 is 5.78 Å². The summed E-state index contributed by atoms with van der Waals surface area (Å²) in [5, 5.41) is 4.07. The summed E-state index contributed by atoms with van der Waals surface area (Å²) in [6.07, 6.45) is 6.15. The molecule has 0 spiro atoms. The second-order valence-corrected chi connectivity index (χ2v) is 5.77. The van der Waals surface area contributed by atoms with E-state index >= 15 is 0 Å². The van der Waals surface area contributed by atoms with Crippen molar-refractivity contribution in [2.45, 2.75) is 71.3 Å². The molecule has 5 heteroatoms. The van der Waals surface area contributed by atoms with Crippen LogP contribution in [0.25, 0.3) is 0 Å². The molecule has 5 nitrogen and oxygen atoms in total. The molecule has 1 aliphatic carbocycles. The molecule has 0 unspecified atom stereocenters. The molecule has 0 amide bonds. The SMILES string of the molecule is CCOC(CC)(CC)c1noc(CC(=O)C2CCCC2)n1. The molecular weight excluding hydrogens is 268 g/mol. The molecule has 21 heavy (non-hydrogen) atoms. The molecule has 1 aliphatic rings. The number of ketones is 1. The molecule has 1 aromatic rings. The van der Waals surface area contributed by atoms with Crippen molar-refractivity contribution in [3.63, 3.8) is 0 Å². The molecule has 118 valence electrons. The molecule has 0 aromatic carbocycles. The van der Waals surface area contributed by atoms with Crippen LogP contribution in [0.5, 0.6) is 0 Å². The Hall–Kier alpha value is -1.23. The van der Waals surface area contributed by atoms with Gasteiger partial charge in [-0.15, -0.1) is 0 Å². The molecule has 1 saturated carbocycles. The Morgan fingerprint density at radius 1 is 1.29 bits per heavy atom. The van der Waals surface area contributed by atoms with E-state index in [1.54, 1.807) is 0 Å². The normalized spacial score (nSPS) is 16.5. The second kappa shape index (κ2) is 7.16. The fourth-order valence-corrected chi connectivity index (χ4v) is 3.16. The Morgan fingerprint density at radius 3 is 2.52 bits per heavy atom. The van der Waals surface area contributed by atoms with Crippen LogP contribution in [0.4, 0.5) is 0 Å². The zero-order chi connectivity index (χ0) is 15.3. The highest BCUT2D eigenvalue weighted by Crippen LogP contribution is 2.31. The van der Waals surface area contributed by atoms with E-state index < -0.39 is 5.60 Å². The molecule has 1 heterocycles. The Labute approximate surface area is 126 Å². The summed E-state index contributed by atoms with van der Waals surface area (Å²) < 4.78 is 11.2. The van der Waals surface area contributed by atoms with Crippen molar-refractivity contribution in [1.29, 1.82) is 0 Å².